The molecule has 3 rings (SSSR count). The Morgan fingerprint density at radius 1 is 1.05 bits per heavy atom. The molecule has 1 heterocycles. The summed E-state index contributed by atoms with van der Waals surface area (Å²) in [6, 6.07) is 14.8. The fourth-order valence-electron chi connectivity index (χ4n) is 2.85. The van der Waals surface area contributed by atoms with E-state index in [-0.39, 0.29) is 5.44 Å². The standard InChI is InChI=1S/C18H19NOS/c1-12-9-13(2)18(14(3)10-12)16-11-17(20-19-16)21-15-7-5-4-6-8-15/h4-10,17H,11H2,1-3H3. The van der Waals surface area contributed by atoms with Crippen LogP contribution in [0.4, 0.5) is 0 Å². The highest BCUT2D eigenvalue weighted by Crippen LogP contribution is 2.32. The van der Waals surface area contributed by atoms with Gasteiger partial charge in [0.1, 0.15) is 0 Å². The zero-order chi connectivity index (χ0) is 14.8. The normalized spacial score (nSPS) is 17.5. The first kappa shape index (κ1) is 14.2. The predicted octanol–water partition coefficient (Wildman–Crippen LogP) is 4.85. The third-order valence-corrected chi connectivity index (χ3v) is 4.68. The van der Waals surface area contributed by atoms with Gasteiger partial charge >= 0.3 is 0 Å². The molecule has 0 spiro atoms. The van der Waals surface area contributed by atoms with Gasteiger partial charge in [0.05, 0.1) is 5.71 Å². The summed E-state index contributed by atoms with van der Waals surface area (Å²) in [6.07, 6.45) is 0.851. The smallest absolute Gasteiger partial charge is 0.183 e. The minimum atomic E-state index is 0.0718. The molecule has 2 aromatic carbocycles. The molecule has 1 atom stereocenters. The molecule has 0 saturated heterocycles. The number of benzene rings is 2. The van der Waals surface area contributed by atoms with Gasteiger partial charge in [0.2, 0.25) is 0 Å². The van der Waals surface area contributed by atoms with Crippen molar-refractivity contribution in [2.75, 3.05) is 0 Å². The summed E-state index contributed by atoms with van der Waals surface area (Å²) in [5.74, 6) is 0. The minimum absolute atomic E-state index is 0.0718. The maximum atomic E-state index is 5.62. The first-order chi connectivity index (χ1) is 10.1. The number of thioether (sulfide) groups is 1. The molecule has 1 aliphatic heterocycles. The van der Waals surface area contributed by atoms with E-state index < -0.39 is 0 Å². The van der Waals surface area contributed by atoms with Gasteiger partial charge in [0.15, 0.2) is 5.44 Å². The molecule has 3 heteroatoms. The summed E-state index contributed by atoms with van der Waals surface area (Å²) in [4.78, 5) is 6.83. The summed E-state index contributed by atoms with van der Waals surface area (Å²) < 4.78 is 0. The second-order valence-electron chi connectivity index (χ2n) is 5.48. The van der Waals surface area contributed by atoms with E-state index in [0.29, 0.717) is 0 Å². The van der Waals surface area contributed by atoms with Crippen LogP contribution < -0.4 is 0 Å². The maximum Gasteiger partial charge on any atom is 0.183 e. The van der Waals surface area contributed by atoms with Crippen molar-refractivity contribution in [3.8, 4) is 0 Å². The lowest BCUT2D eigenvalue weighted by molar-refractivity contribution is 0.148. The van der Waals surface area contributed by atoms with Crippen LogP contribution in [0.3, 0.4) is 0 Å². The third kappa shape index (κ3) is 3.13. The Labute approximate surface area is 130 Å². The SMILES string of the molecule is Cc1cc(C)c(C2=NOC(Sc3ccccc3)C2)c(C)c1. The van der Waals surface area contributed by atoms with Gasteiger partial charge in [0.25, 0.3) is 0 Å². The lowest BCUT2D eigenvalue weighted by Gasteiger charge is -2.11. The highest BCUT2D eigenvalue weighted by atomic mass is 32.2. The highest BCUT2D eigenvalue weighted by molar-refractivity contribution is 7.99. The zero-order valence-electron chi connectivity index (χ0n) is 12.6. The lowest BCUT2D eigenvalue weighted by Crippen LogP contribution is -2.07. The molecule has 0 N–H and O–H groups in total. The topological polar surface area (TPSA) is 21.6 Å². The highest BCUT2D eigenvalue weighted by Gasteiger charge is 2.25. The molecule has 0 aliphatic carbocycles. The molecule has 0 fully saturated rings. The van der Waals surface area contributed by atoms with Gasteiger partial charge in [-0.2, -0.15) is 0 Å². The molecule has 2 nitrogen and oxygen atoms in total. The van der Waals surface area contributed by atoms with E-state index >= 15 is 0 Å². The summed E-state index contributed by atoms with van der Waals surface area (Å²) in [7, 11) is 0. The number of oxime groups is 1. The van der Waals surface area contributed by atoms with Gasteiger partial charge in [-0.25, -0.2) is 0 Å². The largest absolute Gasteiger partial charge is 0.380 e. The van der Waals surface area contributed by atoms with Crippen LogP contribution in [0.1, 0.15) is 28.7 Å². The van der Waals surface area contributed by atoms with Gasteiger partial charge in [-0.05, 0) is 44.0 Å². The van der Waals surface area contributed by atoms with Gasteiger partial charge in [-0.3, -0.25) is 0 Å². The first-order valence-corrected chi connectivity index (χ1v) is 8.04. The number of hydrogen-bond donors (Lipinski definition) is 0. The number of rotatable bonds is 3. The summed E-state index contributed by atoms with van der Waals surface area (Å²) >= 11 is 1.73. The van der Waals surface area contributed by atoms with Crippen molar-refractivity contribution in [1.82, 2.24) is 0 Å². The quantitative estimate of drug-likeness (QED) is 0.807. The van der Waals surface area contributed by atoms with Crippen molar-refractivity contribution in [3.05, 3.63) is 64.7 Å². The van der Waals surface area contributed by atoms with Crippen LogP contribution in [-0.2, 0) is 4.84 Å². The van der Waals surface area contributed by atoms with Crippen molar-refractivity contribution >= 4 is 17.5 Å². The molecular formula is C18H19NOS. The molecule has 0 bridgehead atoms. The minimum Gasteiger partial charge on any atom is -0.380 e. The summed E-state index contributed by atoms with van der Waals surface area (Å²) in [5.41, 5.74) is 6.24. The number of aryl methyl sites for hydroxylation is 3. The molecule has 1 aliphatic rings. The van der Waals surface area contributed by atoms with E-state index in [4.69, 9.17) is 4.84 Å². The van der Waals surface area contributed by atoms with Crippen LogP contribution in [0.15, 0.2) is 52.5 Å². The lowest BCUT2D eigenvalue weighted by atomic mass is 9.95. The van der Waals surface area contributed by atoms with Crippen molar-refractivity contribution in [1.29, 1.82) is 0 Å². The zero-order valence-corrected chi connectivity index (χ0v) is 13.4. The number of nitrogens with zero attached hydrogens (tertiary/aromatic N) is 1. The van der Waals surface area contributed by atoms with E-state index in [9.17, 15) is 0 Å². The van der Waals surface area contributed by atoms with Crippen molar-refractivity contribution < 1.29 is 4.84 Å². The van der Waals surface area contributed by atoms with Crippen molar-refractivity contribution in [2.45, 2.75) is 37.5 Å². The average molecular weight is 297 g/mol. The van der Waals surface area contributed by atoms with Crippen LogP contribution in [-0.4, -0.2) is 11.1 Å². The van der Waals surface area contributed by atoms with Crippen LogP contribution in [0.25, 0.3) is 0 Å². The van der Waals surface area contributed by atoms with E-state index in [2.05, 4.69) is 50.2 Å². The van der Waals surface area contributed by atoms with E-state index in [1.54, 1.807) is 11.8 Å². The first-order valence-electron chi connectivity index (χ1n) is 7.16. The fraction of sp³-hybridized carbons (Fsp3) is 0.278. The monoisotopic (exact) mass is 297 g/mol. The van der Waals surface area contributed by atoms with Crippen molar-refractivity contribution in [2.24, 2.45) is 5.16 Å². The van der Waals surface area contributed by atoms with E-state index in [1.807, 2.05) is 18.2 Å². The molecule has 0 amide bonds. The van der Waals surface area contributed by atoms with E-state index in [1.165, 1.54) is 27.1 Å². The molecule has 0 radical (unpaired) electrons. The van der Waals surface area contributed by atoms with Gasteiger partial charge < -0.3 is 4.84 Å². The average Bonchev–Trinajstić information content (AvgIpc) is 2.87. The Morgan fingerprint density at radius 3 is 2.38 bits per heavy atom. The summed E-state index contributed by atoms with van der Waals surface area (Å²) in [6.45, 7) is 6.43. The van der Waals surface area contributed by atoms with E-state index in [0.717, 1.165) is 12.1 Å². The van der Waals surface area contributed by atoms with Crippen molar-refractivity contribution in [3.63, 3.8) is 0 Å². The van der Waals surface area contributed by atoms with Crippen LogP contribution >= 0.6 is 11.8 Å². The molecule has 0 saturated carbocycles. The molecule has 1 unspecified atom stereocenters. The Bertz CT molecular complexity index is 656. The fourth-order valence-corrected chi connectivity index (χ4v) is 3.80. The Kier molecular flexibility index (Phi) is 4.02. The Morgan fingerprint density at radius 2 is 1.71 bits per heavy atom. The van der Waals surface area contributed by atoms with Crippen LogP contribution in [0, 0.1) is 20.8 Å². The molecule has 108 valence electrons. The molecule has 2 aromatic rings. The van der Waals surface area contributed by atoms with Gasteiger partial charge in [-0.1, -0.05) is 52.8 Å². The second-order valence-corrected chi connectivity index (χ2v) is 6.71. The van der Waals surface area contributed by atoms with Crippen LogP contribution in [0.2, 0.25) is 0 Å². The van der Waals surface area contributed by atoms with Gasteiger partial charge in [0, 0.05) is 16.9 Å². The Balaban J connectivity index is 1.75. The maximum absolute atomic E-state index is 5.62. The molecule has 21 heavy (non-hydrogen) atoms. The second kappa shape index (κ2) is 5.94. The molecule has 0 aromatic heterocycles. The molecular weight excluding hydrogens is 278 g/mol. The third-order valence-electron chi connectivity index (χ3n) is 3.62. The van der Waals surface area contributed by atoms with Crippen LogP contribution in [0.5, 0.6) is 0 Å². The number of hydrogen-bond acceptors (Lipinski definition) is 3. The predicted molar refractivity (Wildman–Crippen MR) is 89.0 cm³/mol. The van der Waals surface area contributed by atoms with Gasteiger partial charge in [-0.15, -0.1) is 0 Å². The summed E-state index contributed by atoms with van der Waals surface area (Å²) in [5, 5.41) is 4.33. The Hall–Kier alpha value is -1.74.